The second-order valence-electron chi connectivity index (χ2n) is 20.4. The van der Waals surface area contributed by atoms with E-state index in [0.29, 0.717) is 0 Å². The van der Waals surface area contributed by atoms with Gasteiger partial charge in [0.15, 0.2) is 0 Å². The smallest absolute Gasteiger partial charge is 0.260 e. The van der Waals surface area contributed by atoms with Gasteiger partial charge in [-0.2, -0.15) is 0 Å². The van der Waals surface area contributed by atoms with Crippen molar-refractivity contribution in [2.45, 2.75) is 51.4 Å². The fraction of sp³-hybridized carbons (Fsp3) is 0.129. The Morgan fingerprint density at radius 3 is 1.14 bits per heavy atom. The fourth-order valence-electron chi connectivity index (χ4n) is 12.1. The van der Waals surface area contributed by atoms with E-state index < -0.39 is 0 Å². The van der Waals surface area contributed by atoms with Gasteiger partial charge in [0.2, 0.25) is 0 Å². The first-order valence-corrected chi connectivity index (χ1v) is 24.3. The highest BCUT2D eigenvalue weighted by atomic mass is 16.5. The molecule has 9 aromatic rings. The van der Waals surface area contributed by atoms with Crippen LogP contribution in [-0.2, 0) is 10.8 Å². The van der Waals surface area contributed by atoms with E-state index in [1.807, 2.05) is 0 Å². The molecule has 0 N–H and O–H groups in total. The summed E-state index contributed by atoms with van der Waals surface area (Å²) in [5, 5.41) is 0. The van der Waals surface area contributed by atoms with E-state index in [1.165, 1.54) is 11.1 Å². The fourth-order valence-corrected chi connectivity index (χ4v) is 12.1. The highest BCUT2D eigenvalue weighted by molar-refractivity contribution is 6.98. The van der Waals surface area contributed by atoms with Gasteiger partial charge in [-0.15, -0.1) is 0 Å². The number of benzene rings is 9. The first-order valence-electron chi connectivity index (χ1n) is 24.3. The molecule has 0 saturated carbocycles. The molecule has 0 bridgehead atoms. The highest BCUT2D eigenvalue weighted by Crippen LogP contribution is 2.57. The van der Waals surface area contributed by atoms with Gasteiger partial charge in [0, 0.05) is 33.8 Å². The van der Waals surface area contributed by atoms with E-state index in [1.54, 1.807) is 0 Å². The number of fused-ring (bicyclic) bond motifs is 10. The summed E-state index contributed by atoms with van der Waals surface area (Å²) in [5.41, 5.74) is 19.1. The summed E-state index contributed by atoms with van der Waals surface area (Å²) in [5.74, 6) is 3.59. The minimum Gasteiger partial charge on any atom is -0.458 e. The molecule has 14 rings (SSSR count). The van der Waals surface area contributed by atoms with Crippen molar-refractivity contribution >= 4 is 91.3 Å². The first kappa shape index (κ1) is 40.0. The van der Waals surface area contributed by atoms with Crippen molar-refractivity contribution in [1.82, 2.24) is 0 Å². The Morgan fingerprint density at radius 2 is 0.725 bits per heavy atom. The summed E-state index contributed by atoms with van der Waals surface area (Å²) in [6.07, 6.45) is 2.16. The van der Waals surface area contributed by atoms with Crippen LogP contribution in [0.25, 0.3) is 0 Å². The lowest BCUT2D eigenvalue weighted by atomic mass is 9.34. The van der Waals surface area contributed by atoms with E-state index in [-0.39, 0.29) is 17.5 Å². The molecule has 0 aromatic heterocycles. The maximum Gasteiger partial charge on any atom is 0.260 e. The summed E-state index contributed by atoms with van der Waals surface area (Å²) in [6.45, 7) is 9.37. The van der Waals surface area contributed by atoms with Crippen molar-refractivity contribution in [3.05, 3.63) is 211 Å². The van der Waals surface area contributed by atoms with E-state index in [4.69, 9.17) is 9.47 Å². The Labute approximate surface area is 404 Å². The molecule has 9 aromatic carbocycles. The second kappa shape index (κ2) is 14.7. The van der Waals surface area contributed by atoms with Gasteiger partial charge in [-0.05, 0) is 155 Å². The Bertz CT molecular complexity index is 3330. The van der Waals surface area contributed by atoms with Crippen LogP contribution in [0.4, 0.5) is 68.2 Å². The van der Waals surface area contributed by atoms with Crippen LogP contribution >= 0.6 is 0 Å². The molecular weight excluding hydrogens is 844 g/mol. The molecule has 0 fully saturated rings. The Morgan fingerprint density at radius 1 is 0.362 bits per heavy atom. The van der Waals surface area contributed by atoms with Crippen LogP contribution in [0.2, 0.25) is 0 Å². The maximum atomic E-state index is 7.39. The minimum absolute atomic E-state index is 0.0434. The largest absolute Gasteiger partial charge is 0.458 e. The van der Waals surface area contributed by atoms with Crippen LogP contribution in [0.3, 0.4) is 0 Å². The molecule has 0 amide bonds. The lowest BCUT2D eigenvalue weighted by Crippen LogP contribution is -2.58. The molecule has 5 aliphatic rings. The summed E-state index contributed by atoms with van der Waals surface area (Å²) in [7, 11) is 0. The summed E-state index contributed by atoms with van der Waals surface area (Å²) < 4.78 is 14.6. The van der Waals surface area contributed by atoms with E-state index >= 15 is 0 Å². The third-order valence-corrected chi connectivity index (χ3v) is 15.4. The van der Waals surface area contributed by atoms with Crippen molar-refractivity contribution < 1.29 is 9.47 Å². The van der Waals surface area contributed by atoms with Crippen LogP contribution in [0.5, 0.6) is 23.0 Å². The van der Waals surface area contributed by atoms with Crippen LogP contribution in [0, 0.1) is 0 Å². The number of hydrogen-bond acceptors (Lipinski definition) is 6. The van der Waals surface area contributed by atoms with Gasteiger partial charge in [-0.1, -0.05) is 113 Å². The number of ether oxygens (including phenoxy) is 2. The van der Waals surface area contributed by atoms with Crippen molar-refractivity contribution in [2.75, 3.05) is 19.6 Å². The molecule has 0 unspecified atom stereocenters. The molecule has 0 radical (unpaired) electrons. The zero-order valence-corrected chi connectivity index (χ0v) is 39.1. The van der Waals surface area contributed by atoms with Crippen LogP contribution < -0.4 is 45.5 Å². The number of hydrogen-bond donors (Lipinski definition) is 0. The summed E-state index contributed by atoms with van der Waals surface area (Å²) >= 11 is 0. The van der Waals surface area contributed by atoms with Crippen LogP contribution in [-0.4, -0.2) is 6.71 Å². The quantitative estimate of drug-likeness (QED) is 0.164. The van der Waals surface area contributed by atoms with Crippen molar-refractivity contribution in [3.8, 4) is 23.0 Å². The van der Waals surface area contributed by atoms with Crippen molar-refractivity contribution in [2.24, 2.45) is 0 Å². The lowest BCUT2D eigenvalue weighted by Gasteiger charge is -2.46. The van der Waals surface area contributed by atoms with E-state index in [2.05, 4.69) is 247 Å². The molecule has 0 saturated heterocycles. The van der Waals surface area contributed by atoms with Gasteiger partial charge >= 0.3 is 0 Å². The SMILES string of the molecule is CC1(C)CCC(C)(C)c2c1cc1c3c2Oc2ccc(N4c5ccccc5N(c5ccccc5)c5ccccc54)cc2B3c2cc(N3c4ccccc4N(c4ccccc4)c4ccccc43)ccc2O1. The highest BCUT2D eigenvalue weighted by Gasteiger charge is 2.48. The third-order valence-electron chi connectivity index (χ3n) is 15.4. The first-order chi connectivity index (χ1) is 33.7. The van der Waals surface area contributed by atoms with Crippen molar-refractivity contribution in [3.63, 3.8) is 0 Å². The molecule has 7 heteroatoms. The predicted octanol–water partition coefficient (Wildman–Crippen LogP) is 15.3. The molecule has 69 heavy (non-hydrogen) atoms. The monoisotopic (exact) mass is 892 g/mol. The lowest BCUT2D eigenvalue weighted by molar-refractivity contribution is 0.318. The maximum absolute atomic E-state index is 7.39. The van der Waals surface area contributed by atoms with Gasteiger partial charge in [-0.25, -0.2) is 0 Å². The van der Waals surface area contributed by atoms with E-state index in [9.17, 15) is 0 Å². The molecular formula is C62H49BN4O2. The number of anilines is 12. The zero-order chi connectivity index (χ0) is 46.2. The number of para-hydroxylation sites is 10. The number of rotatable bonds is 4. The number of nitrogens with zero attached hydrogens (tertiary/aromatic N) is 4. The summed E-state index contributed by atoms with van der Waals surface area (Å²) in [4.78, 5) is 9.61. The Hall–Kier alpha value is -8.16. The Balaban J connectivity index is 0.985. The average molecular weight is 893 g/mol. The van der Waals surface area contributed by atoms with Gasteiger partial charge in [-0.3, -0.25) is 0 Å². The van der Waals surface area contributed by atoms with Gasteiger partial charge in [0.25, 0.3) is 6.71 Å². The third kappa shape index (κ3) is 5.86. The molecule has 0 spiro atoms. The van der Waals surface area contributed by atoms with Gasteiger partial charge in [0.05, 0.1) is 45.5 Å². The average Bonchev–Trinajstić information content (AvgIpc) is 3.38. The van der Waals surface area contributed by atoms with Crippen LogP contribution in [0.15, 0.2) is 200 Å². The van der Waals surface area contributed by atoms with Crippen molar-refractivity contribution in [1.29, 1.82) is 0 Å². The van der Waals surface area contributed by atoms with Gasteiger partial charge in [0.1, 0.15) is 23.0 Å². The molecule has 4 aliphatic heterocycles. The van der Waals surface area contributed by atoms with Crippen LogP contribution in [0.1, 0.15) is 51.7 Å². The minimum atomic E-state index is -0.180. The second-order valence-corrected chi connectivity index (χ2v) is 20.4. The summed E-state index contributed by atoms with van der Waals surface area (Å²) in [6, 6.07) is 72.4. The molecule has 1 aliphatic carbocycles. The molecule has 4 heterocycles. The standard InChI is InChI=1S/C62H49BN4O2/c1-61(2)35-36-62(3,4)58-44(61)39-57-59-60(58)69-56-34-32-43(67-53-29-17-13-25-49(53)65(41-21-9-6-10-22-41)50-26-14-18-30-54(50)67)38-46(56)63(59)45-37-42(31-33-55(45)68-57)66-51-27-15-11-23-47(51)64(40-19-7-5-8-20-40)48-24-12-16-28-52(48)66/h5-34,37-39H,35-36H2,1-4H3. The predicted molar refractivity (Wildman–Crippen MR) is 285 cm³/mol. The topological polar surface area (TPSA) is 31.4 Å². The Kier molecular flexibility index (Phi) is 8.50. The zero-order valence-electron chi connectivity index (χ0n) is 39.1. The molecule has 0 atom stereocenters. The van der Waals surface area contributed by atoms with E-state index in [0.717, 1.165) is 120 Å². The molecule has 6 nitrogen and oxygen atoms in total. The normalized spacial score (nSPS) is 16.0. The molecule has 332 valence electrons. The van der Waals surface area contributed by atoms with Gasteiger partial charge < -0.3 is 29.1 Å².